The molecule has 0 aliphatic carbocycles. The van der Waals surface area contributed by atoms with Crippen LogP contribution in [-0.2, 0) is 16.1 Å². The Bertz CT molecular complexity index is 563. The van der Waals surface area contributed by atoms with Gasteiger partial charge in [-0.3, -0.25) is 19.8 Å². The summed E-state index contributed by atoms with van der Waals surface area (Å²) >= 11 is 1.43. The van der Waals surface area contributed by atoms with Gasteiger partial charge in [0.1, 0.15) is 5.41 Å². The van der Waals surface area contributed by atoms with Crippen LogP contribution in [0.25, 0.3) is 0 Å². The molecule has 0 radical (unpaired) electrons. The van der Waals surface area contributed by atoms with E-state index in [1.807, 2.05) is 6.92 Å². The third kappa shape index (κ3) is 2.22. The summed E-state index contributed by atoms with van der Waals surface area (Å²) in [6.45, 7) is 5.58. The molecule has 1 aliphatic heterocycles. The van der Waals surface area contributed by atoms with Crippen LogP contribution in [0.5, 0.6) is 0 Å². The van der Waals surface area contributed by atoms with E-state index in [1.54, 1.807) is 20.0 Å². The fourth-order valence-electron chi connectivity index (χ4n) is 2.38. The van der Waals surface area contributed by atoms with Gasteiger partial charge in [-0.15, -0.1) is 11.3 Å². The van der Waals surface area contributed by atoms with Gasteiger partial charge in [-0.1, -0.05) is 13.8 Å². The Kier molecular flexibility index (Phi) is 3.89. The van der Waals surface area contributed by atoms with Gasteiger partial charge in [0.15, 0.2) is 0 Å². The zero-order chi connectivity index (χ0) is 14.9. The maximum atomic E-state index is 12.6. The van der Waals surface area contributed by atoms with E-state index in [4.69, 9.17) is 0 Å². The Balaban J connectivity index is 2.30. The van der Waals surface area contributed by atoms with Gasteiger partial charge in [0, 0.05) is 11.1 Å². The number of barbiturate groups is 1. The molecule has 1 N–H and O–H groups in total. The summed E-state index contributed by atoms with van der Waals surface area (Å²) in [5.74, 6) is -0.906. The number of nitrogens with one attached hydrogen (secondary N) is 1. The highest BCUT2D eigenvalue weighted by Gasteiger charge is 2.51. The van der Waals surface area contributed by atoms with Crippen LogP contribution in [0.4, 0.5) is 4.79 Å². The van der Waals surface area contributed by atoms with Gasteiger partial charge in [-0.25, -0.2) is 9.78 Å². The number of urea groups is 1. The Morgan fingerprint density at radius 2 is 1.95 bits per heavy atom. The molecule has 2 rings (SSSR count). The molecule has 0 aromatic carbocycles. The largest absolute Gasteiger partial charge is 0.331 e. The highest BCUT2D eigenvalue weighted by Crippen LogP contribution is 2.33. The maximum absolute atomic E-state index is 12.6. The molecule has 0 unspecified atom stereocenters. The van der Waals surface area contributed by atoms with E-state index in [9.17, 15) is 14.4 Å². The van der Waals surface area contributed by atoms with Crippen molar-refractivity contribution in [2.45, 2.75) is 40.2 Å². The molecule has 1 aromatic rings. The maximum Gasteiger partial charge on any atom is 0.331 e. The molecule has 6 nitrogen and oxygen atoms in total. The van der Waals surface area contributed by atoms with Crippen molar-refractivity contribution < 1.29 is 14.4 Å². The standard InChI is InChI=1S/C13H17N3O3S/c1-4-13(5-2)10(17)15-12(19)16(11(13)18)7-9-6-14-8(3)20-9/h6H,4-5,7H2,1-3H3,(H,15,17,19). The van der Waals surface area contributed by atoms with Crippen molar-refractivity contribution in [3.05, 3.63) is 16.1 Å². The number of amides is 4. The quantitative estimate of drug-likeness (QED) is 0.860. The number of hydrogen-bond donors (Lipinski definition) is 1. The zero-order valence-corrected chi connectivity index (χ0v) is 12.5. The molecule has 1 aliphatic rings. The van der Waals surface area contributed by atoms with E-state index in [0.29, 0.717) is 12.8 Å². The number of thiazole rings is 1. The molecular weight excluding hydrogens is 278 g/mol. The summed E-state index contributed by atoms with van der Waals surface area (Å²) in [6.07, 6.45) is 2.40. The first-order valence-electron chi connectivity index (χ1n) is 6.53. The highest BCUT2D eigenvalue weighted by atomic mass is 32.1. The first-order valence-corrected chi connectivity index (χ1v) is 7.35. The van der Waals surface area contributed by atoms with Crippen molar-refractivity contribution in [3.63, 3.8) is 0 Å². The fourth-order valence-corrected chi connectivity index (χ4v) is 3.17. The Morgan fingerprint density at radius 1 is 1.30 bits per heavy atom. The first kappa shape index (κ1) is 14.6. The second-order valence-corrected chi connectivity index (χ2v) is 6.10. The second-order valence-electron chi connectivity index (χ2n) is 4.79. The van der Waals surface area contributed by atoms with Crippen LogP contribution in [-0.4, -0.2) is 27.7 Å². The number of aromatic nitrogens is 1. The fraction of sp³-hybridized carbons (Fsp3) is 0.538. The lowest BCUT2D eigenvalue weighted by Crippen LogP contribution is -2.63. The molecule has 1 fully saturated rings. The van der Waals surface area contributed by atoms with E-state index in [-0.39, 0.29) is 6.54 Å². The SMILES string of the molecule is CCC1(CC)C(=O)NC(=O)N(Cc2cnc(C)s2)C1=O. The number of rotatable bonds is 4. The van der Waals surface area contributed by atoms with Crippen LogP contribution >= 0.6 is 11.3 Å². The van der Waals surface area contributed by atoms with Crippen LogP contribution < -0.4 is 5.32 Å². The van der Waals surface area contributed by atoms with Crippen LogP contribution in [0, 0.1) is 12.3 Å². The monoisotopic (exact) mass is 295 g/mol. The van der Waals surface area contributed by atoms with E-state index in [1.165, 1.54) is 11.3 Å². The van der Waals surface area contributed by atoms with Gasteiger partial charge >= 0.3 is 6.03 Å². The molecular formula is C13H17N3O3S. The lowest BCUT2D eigenvalue weighted by atomic mass is 9.78. The van der Waals surface area contributed by atoms with Gasteiger partial charge in [-0.2, -0.15) is 0 Å². The Hall–Kier alpha value is -1.76. The van der Waals surface area contributed by atoms with Gasteiger partial charge in [0.2, 0.25) is 11.8 Å². The van der Waals surface area contributed by atoms with Crippen molar-refractivity contribution >= 4 is 29.2 Å². The average molecular weight is 295 g/mol. The Labute approximate surface area is 121 Å². The minimum Gasteiger partial charge on any atom is -0.277 e. The van der Waals surface area contributed by atoms with Gasteiger partial charge in [-0.05, 0) is 19.8 Å². The summed E-state index contributed by atoms with van der Waals surface area (Å²) < 4.78 is 0. The first-order chi connectivity index (χ1) is 9.44. The molecule has 20 heavy (non-hydrogen) atoms. The normalized spacial score (nSPS) is 18.4. The van der Waals surface area contributed by atoms with Gasteiger partial charge < -0.3 is 0 Å². The topological polar surface area (TPSA) is 79.4 Å². The number of imide groups is 2. The predicted octanol–water partition coefficient (Wildman–Crippen LogP) is 1.84. The molecule has 4 amide bonds. The molecule has 2 heterocycles. The van der Waals surface area contributed by atoms with Crippen LogP contribution in [0.1, 0.15) is 36.6 Å². The number of nitrogens with zero attached hydrogens (tertiary/aromatic N) is 2. The molecule has 0 atom stereocenters. The van der Waals surface area contributed by atoms with E-state index >= 15 is 0 Å². The highest BCUT2D eigenvalue weighted by molar-refractivity contribution is 7.11. The minimum absolute atomic E-state index is 0.158. The molecule has 1 saturated heterocycles. The van der Waals surface area contributed by atoms with Crippen molar-refractivity contribution in [2.24, 2.45) is 5.41 Å². The zero-order valence-electron chi connectivity index (χ0n) is 11.7. The van der Waals surface area contributed by atoms with E-state index in [0.717, 1.165) is 14.8 Å². The molecule has 0 saturated carbocycles. The third-order valence-corrected chi connectivity index (χ3v) is 4.64. The van der Waals surface area contributed by atoms with Crippen molar-refractivity contribution in [1.29, 1.82) is 0 Å². The van der Waals surface area contributed by atoms with E-state index in [2.05, 4.69) is 10.3 Å². The lowest BCUT2D eigenvalue weighted by molar-refractivity contribution is -0.152. The summed E-state index contributed by atoms with van der Waals surface area (Å²) in [6, 6.07) is -0.649. The number of carbonyl (C=O) groups is 3. The van der Waals surface area contributed by atoms with Crippen molar-refractivity contribution in [1.82, 2.24) is 15.2 Å². The lowest BCUT2D eigenvalue weighted by Gasteiger charge is -2.37. The summed E-state index contributed by atoms with van der Waals surface area (Å²) in [4.78, 5) is 42.5. The van der Waals surface area contributed by atoms with Crippen LogP contribution in [0.15, 0.2) is 6.20 Å². The number of carbonyl (C=O) groups excluding carboxylic acids is 3. The van der Waals surface area contributed by atoms with E-state index < -0.39 is 23.3 Å². The van der Waals surface area contributed by atoms with Crippen LogP contribution in [0.3, 0.4) is 0 Å². The number of hydrogen-bond acceptors (Lipinski definition) is 5. The van der Waals surface area contributed by atoms with Crippen LogP contribution in [0.2, 0.25) is 0 Å². The minimum atomic E-state index is -1.13. The third-order valence-electron chi connectivity index (χ3n) is 3.75. The number of aryl methyl sites for hydroxylation is 1. The molecule has 0 spiro atoms. The molecule has 1 aromatic heterocycles. The molecule has 7 heteroatoms. The van der Waals surface area contributed by atoms with Crippen molar-refractivity contribution in [3.8, 4) is 0 Å². The second kappa shape index (κ2) is 5.32. The molecule has 0 bridgehead atoms. The van der Waals surface area contributed by atoms with Gasteiger partial charge in [0.05, 0.1) is 11.6 Å². The Morgan fingerprint density at radius 3 is 2.45 bits per heavy atom. The summed E-state index contributed by atoms with van der Waals surface area (Å²) in [5, 5.41) is 3.16. The molecule has 108 valence electrons. The summed E-state index contributed by atoms with van der Waals surface area (Å²) in [7, 11) is 0. The predicted molar refractivity (Wildman–Crippen MR) is 74.0 cm³/mol. The summed E-state index contributed by atoms with van der Waals surface area (Å²) in [5.41, 5.74) is -1.13. The van der Waals surface area contributed by atoms with Gasteiger partial charge in [0.25, 0.3) is 0 Å². The average Bonchev–Trinajstić information content (AvgIpc) is 2.82. The smallest absolute Gasteiger partial charge is 0.277 e. The van der Waals surface area contributed by atoms with Crippen molar-refractivity contribution in [2.75, 3.05) is 0 Å².